The van der Waals surface area contributed by atoms with Crippen LogP contribution in [0, 0.1) is 11.3 Å². The molecule has 3 aromatic carbocycles. The van der Waals surface area contributed by atoms with Gasteiger partial charge in [0, 0.05) is 36.2 Å². The fraction of sp³-hybridized carbons (Fsp3) is 0.235. The number of carbonyl (C=O) groups excluding carboxylic acids is 2. The minimum absolute atomic E-state index is 0.0589. The molecule has 4 aromatic rings. The van der Waals surface area contributed by atoms with E-state index in [2.05, 4.69) is 0 Å². The first-order valence-corrected chi connectivity index (χ1v) is 17.3. The number of fused-ring (bicyclic) bond motifs is 1. The molecule has 0 spiro atoms. The minimum atomic E-state index is -4.67. The van der Waals surface area contributed by atoms with E-state index in [0.29, 0.717) is 21.2 Å². The quantitative estimate of drug-likeness (QED) is 0.246. The molecule has 50 heavy (non-hydrogen) atoms. The fourth-order valence-corrected chi connectivity index (χ4v) is 8.20. The number of amides is 2. The number of piperazine rings is 1. The second kappa shape index (κ2) is 13.5. The van der Waals surface area contributed by atoms with Gasteiger partial charge in [0.15, 0.2) is 0 Å². The van der Waals surface area contributed by atoms with Crippen molar-refractivity contribution in [3.8, 4) is 6.07 Å². The van der Waals surface area contributed by atoms with E-state index in [9.17, 15) is 41.2 Å². The maximum Gasteiger partial charge on any atom is 0.397 e. The first kappa shape index (κ1) is 35.0. The number of nitrogens with zero attached hydrogens (tertiary/aromatic N) is 5. The van der Waals surface area contributed by atoms with Crippen molar-refractivity contribution in [2.24, 2.45) is 0 Å². The molecule has 258 valence electrons. The lowest BCUT2D eigenvalue weighted by molar-refractivity contribution is -0.162. The van der Waals surface area contributed by atoms with Crippen molar-refractivity contribution in [2.45, 2.75) is 29.6 Å². The molecule has 16 heteroatoms. The Morgan fingerprint density at radius 2 is 1.38 bits per heavy atom. The number of pyridine rings is 1. The molecule has 2 amide bonds. The Labute approximate surface area is 294 Å². The molecule has 2 aliphatic rings. The summed E-state index contributed by atoms with van der Waals surface area (Å²) in [6.45, 7) is -0.555. The molecule has 0 radical (unpaired) electrons. The molecule has 1 aromatic heterocycles. The summed E-state index contributed by atoms with van der Waals surface area (Å²) in [5.74, 6) is -1.90. The first-order chi connectivity index (χ1) is 23.7. The number of rotatable bonds is 6. The molecule has 10 nitrogen and oxygen atoms in total. The molecule has 0 N–H and O–H groups in total. The summed E-state index contributed by atoms with van der Waals surface area (Å²) in [5.41, 5.74) is -0.0671. The molecule has 1 fully saturated rings. The summed E-state index contributed by atoms with van der Waals surface area (Å²) in [6.07, 6.45) is -6.29. The highest BCUT2D eigenvalue weighted by Crippen LogP contribution is 2.49. The second-order valence-corrected chi connectivity index (χ2v) is 14.4. The molecular weight excluding hydrogens is 718 g/mol. The summed E-state index contributed by atoms with van der Waals surface area (Å²) in [6, 6.07) is 20.7. The number of benzene rings is 3. The summed E-state index contributed by atoms with van der Waals surface area (Å²) < 4.78 is 69.8. The van der Waals surface area contributed by atoms with Crippen molar-refractivity contribution in [1.82, 2.24) is 14.4 Å². The topological polar surface area (TPSA) is 124 Å². The van der Waals surface area contributed by atoms with Gasteiger partial charge in [-0.1, -0.05) is 53.5 Å². The number of alkyl halides is 3. The zero-order valence-corrected chi connectivity index (χ0v) is 28.2. The van der Waals surface area contributed by atoms with E-state index in [1.807, 2.05) is 6.07 Å². The Bertz CT molecular complexity index is 2180. The van der Waals surface area contributed by atoms with Crippen molar-refractivity contribution in [1.29, 1.82) is 5.26 Å². The van der Waals surface area contributed by atoms with Gasteiger partial charge in [0.05, 0.1) is 28.6 Å². The largest absolute Gasteiger partial charge is 0.397 e. The van der Waals surface area contributed by atoms with Crippen LogP contribution in [0.1, 0.15) is 45.6 Å². The molecular formula is C34H26Cl2F3N5O5S. The standard InChI is InChI=1S/C34H26Cl2F3N5O5S/c35-24-8-4-22(5-9-24)30-31(23-6-10-25(36)11-7-23)44(50(48,49)26-3-1-2-21(18-26)20-40)28-13-12-27(33(47)43(28)30)32(46)42-16-14-41(15-17-42)29(45)19-34(37,38)39/h1-13,18,30-31H,14-17,19H2/t30-,31+/m1/s1. The SMILES string of the molecule is N#Cc1cccc(S(=O)(=O)N2c3ccc(C(=O)N4CCN(C(=O)CC(F)(F)F)CC4)c(=O)n3[C@H](c3ccc(Cl)cc3)[C@@H]2c2ccc(Cl)cc2)c1. The highest BCUT2D eigenvalue weighted by atomic mass is 35.5. The van der Waals surface area contributed by atoms with Gasteiger partial charge < -0.3 is 9.80 Å². The molecule has 0 aliphatic carbocycles. The van der Waals surface area contributed by atoms with Crippen LogP contribution in [-0.4, -0.2) is 67.0 Å². The number of hydrogen-bond acceptors (Lipinski definition) is 6. The highest BCUT2D eigenvalue weighted by molar-refractivity contribution is 7.92. The van der Waals surface area contributed by atoms with Crippen molar-refractivity contribution in [3.63, 3.8) is 0 Å². The van der Waals surface area contributed by atoms with Crippen molar-refractivity contribution < 1.29 is 31.2 Å². The van der Waals surface area contributed by atoms with Crippen LogP contribution in [0.2, 0.25) is 10.0 Å². The minimum Gasteiger partial charge on any atom is -0.339 e. The van der Waals surface area contributed by atoms with Gasteiger partial charge in [-0.3, -0.25) is 19.0 Å². The van der Waals surface area contributed by atoms with Gasteiger partial charge in [-0.25, -0.2) is 12.7 Å². The highest BCUT2D eigenvalue weighted by Gasteiger charge is 2.48. The summed E-state index contributed by atoms with van der Waals surface area (Å²) >= 11 is 12.4. The van der Waals surface area contributed by atoms with Crippen LogP contribution in [0.25, 0.3) is 0 Å². The summed E-state index contributed by atoms with van der Waals surface area (Å²) in [5, 5.41) is 10.3. The average Bonchev–Trinajstić information content (AvgIpc) is 3.45. The van der Waals surface area contributed by atoms with Crippen LogP contribution < -0.4 is 9.86 Å². The van der Waals surface area contributed by atoms with Gasteiger partial charge in [0.25, 0.3) is 21.5 Å². The van der Waals surface area contributed by atoms with Gasteiger partial charge in [-0.05, 0) is 65.7 Å². The number of anilines is 1. The third kappa shape index (κ3) is 6.68. The van der Waals surface area contributed by atoms with Gasteiger partial charge in [0.1, 0.15) is 17.8 Å². The van der Waals surface area contributed by atoms with Gasteiger partial charge in [-0.2, -0.15) is 18.4 Å². The zero-order chi connectivity index (χ0) is 36.0. The lowest BCUT2D eigenvalue weighted by Gasteiger charge is -2.35. The molecule has 2 atom stereocenters. The van der Waals surface area contributed by atoms with E-state index in [4.69, 9.17) is 23.2 Å². The van der Waals surface area contributed by atoms with Crippen LogP contribution in [0.4, 0.5) is 19.0 Å². The molecule has 2 aliphatic heterocycles. The van der Waals surface area contributed by atoms with Crippen LogP contribution in [0.3, 0.4) is 0 Å². The number of halogens is 5. The van der Waals surface area contributed by atoms with Gasteiger partial charge >= 0.3 is 6.18 Å². The zero-order valence-electron chi connectivity index (χ0n) is 25.8. The van der Waals surface area contributed by atoms with Crippen LogP contribution in [0.15, 0.2) is 94.6 Å². The van der Waals surface area contributed by atoms with Crippen LogP contribution in [0.5, 0.6) is 0 Å². The van der Waals surface area contributed by atoms with Crippen LogP contribution >= 0.6 is 23.2 Å². The smallest absolute Gasteiger partial charge is 0.339 e. The van der Waals surface area contributed by atoms with E-state index in [-0.39, 0.29) is 48.0 Å². The number of nitriles is 1. The fourth-order valence-electron chi connectivity index (χ4n) is 6.26. The summed E-state index contributed by atoms with van der Waals surface area (Å²) in [4.78, 5) is 42.5. The van der Waals surface area contributed by atoms with Crippen molar-refractivity contribution in [2.75, 3.05) is 30.5 Å². The Morgan fingerprint density at radius 3 is 1.94 bits per heavy atom. The second-order valence-electron chi connectivity index (χ2n) is 11.7. The number of aromatic nitrogens is 1. The van der Waals surface area contributed by atoms with E-state index < -0.39 is 52.1 Å². The Hall–Kier alpha value is -4.84. The van der Waals surface area contributed by atoms with E-state index in [0.717, 1.165) is 9.21 Å². The summed E-state index contributed by atoms with van der Waals surface area (Å²) in [7, 11) is -4.49. The Morgan fingerprint density at radius 1 is 0.820 bits per heavy atom. The van der Waals surface area contributed by atoms with E-state index >= 15 is 0 Å². The van der Waals surface area contributed by atoms with E-state index in [1.165, 1.54) is 45.9 Å². The lowest BCUT2D eigenvalue weighted by Crippen LogP contribution is -2.52. The maximum atomic E-state index is 14.6. The van der Waals surface area contributed by atoms with E-state index in [1.54, 1.807) is 48.5 Å². The van der Waals surface area contributed by atoms with Crippen molar-refractivity contribution in [3.05, 3.63) is 128 Å². The predicted octanol–water partition coefficient (Wildman–Crippen LogP) is 5.80. The lowest BCUT2D eigenvalue weighted by atomic mass is 9.94. The molecule has 0 unspecified atom stereocenters. The number of sulfonamides is 1. The predicted molar refractivity (Wildman–Crippen MR) is 178 cm³/mol. The molecule has 6 rings (SSSR count). The third-order valence-corrected chi connectivity index (χ3v) is 10.9. The molecule has 0 saturated carbocycles. The Balaban J connectivity index is 1.48. The third-order valence-electron chi connectivity index (χ3n) is 8.60. The first-order valence-electron chi connectivity index (χ1n) is 15.1. The maximum absolute atomic E-state index is 14.6. The monoisotopic (exact) mass is 743 g/mol. The van der Waals surface area contributed by atoms with Gasteiger partial charge in [0.2, 0.25) is 5.91 Å². The average molecular weight is 745 g/mol. The molecule has 3 heterocycles. The van der Waals surface area contributed by atoms with Crippen molar-refractivity contribution >= 4 is 50.9 Å². The van der Waals surface area contributed by atoms with Crippen LogP contribution in [-0.2, 0) is 14.8 Å². The Kier molecular flexibility index (Phi) is 9.43. The molecule has 0 bridgehead atoms. The number of hydrogen-bond donors (Lipinski definition) is 0. The molecule has 1 saturated heterocycles. The van der Waals surface area contributed by atoms with Gasteiger partial charge in [-0.15, -0.1) is 0 Å². The normalized spacial score (nSPS) is 17.7. The number of carbonyl (C=O) groups is 2.